The van der Waals surface area contributed by atoms with Crippen molar-refractivity contribution in [2.24, 2.45) is 35.0 Å². The highest BCUT2D eigenvalue weighted by Crippen LogP contribution is 2.47. The highest BCUT2D eigenvalue weighted by atomic mass is 16.5. The van der Waals surface area contributed by atoms with E-state index in [9.17, 15) is 0 Å². The van der Waals surface area contributed by atoms with Gasteiger partial charge >= 0.3 is 0 Å². The molecule has 2 saturated carbocycles. The predicted molar refractivity (Wildman–Crippen MR) is 281 cm³/mol. The van der Waals surface area contributed by atoms with Crippen molar-refractivity contribution in [2.45, 2.75) is 240 Å². The van der Waals surface area contributed by atoms with Crippen LogP contribution in [0.2, 0.25) is 0 Å². The molecule has 3 aliphatic rings. The van der Waals surface area contributed by atoms with Gasteiger partial charge in [-0.2, -0.15) is 0 Å². The van der Waals surface area contributed by atoms with E-state index in [0.717, 1.165) is 114 Å². The van der Waals surface area contributed by atoms with Gasteiger partial charge in [-0.25, -0.2) is 0 Å². The molecule has 1 saturated heterocycles. The molecule has 0 aromatic heterocycles. The third-order valence-corrected chi connectivity index (χ3v) is 15.8. The normalized spacial score (nSPS) is 25.9. The number of methoxy groups -OCH3 is 1. The smallest absolute Gasteiger partial charge is 0.0934 e. The molecule has 65 heavy (non-hydrogen) atoms. The van der Waals surface area contributed by atoms with Gasteiger partial charge < -0.3 is 23.7 Å². The SMILES string of the molecule is CCCCC/C=C\C/C=C\CCCCCCCCOCC(CN1CCC(OC)C1)OCCCOCCCO[C@H]1CC[C@](C)(CCC)/C(=C\CC[C@@H]2CC[C@H]([C@H](C)CCCC(C)C)[C@@H]2C)C1.[HH]. The Labute approximate surface area is 406 Å². The molecule has 0 bridgehead atoms. The fourth-order valence-electron chi connectivity index (χ4n) is 11.5. The second-order valence-corrected chi connectivity index (χ2v) is 21.9. The maximum atomic E-state index is 6.54. The molecule has 0 spiro atoms. The number of unbranched alkanes of at least 4 members (excludes halogenated alkanes) is 9. The largest absolute Gasteiger partial charge is 0.381 e. The Morgan fingerprint density at radius 3 is 2.17 bits per heavy atom. The van der Waals surface area contributed by atoms with Crippen LogP contribution in [0.25, 0.3) is 0 Å². The summed E-state index contributed by atoms with van der Waals surface area (Å²) in [6.45, 7) is 24.5. The Bertz CT molecular complexity index is 1220. The van der Waals surface area contributed by atoms with E-state index < -0.39 is 0 Å². The standard InChI is InChI=1S/C59H109NO5.H2/c1-9-11-12-13-14-15-16-17-18-19-20-21-22-23-24-25-41-63-49-57(48-60-40-37-56(47-60)61-8)65-45-29-43-62-42-28-44-64-55-36-39-59(7,38-10-2)54(46-55)33-27-32-53-34-35-58(52(53)6)51(5)31-26-30-50(3)4;/h14-15,17-18,33,50-53,55-58H,9-13,16,19-32,34-49H2,1-8H3;1H/b15-14-,18-17-,54-33-;/t51-,52-,53-,55+,56?,57?,58-,59+;/m1./s1. The number of nitrogens with zero attached hydrogens (tertiary/aromatic N) is 1. The number of likely N-dealkylation sites (tertiary alicyclic amines) is 1. The lowest BCUT2D eigenvalue weighted by atomic mass is 9.68. The second-order valence-electron chi connectivity index (χ2n) is 21.9. The summed E-state index contributed by atoms with van der Waals surface area (Å²) < 4.78 is 30.9. The zero-order valence-electron chi connectivity index (χ0n) is 44.4. The maximum absolute atomic E-state index is 6.54. The fraction of sp³-hybridized carbons (Fsp3) is 0.898. The highest BCUT2D eigenvalue weighted by Gasteiger charge is 2.37. The van der Waals surface area contributed by atoms with E-state index in [0.29, 0.717) is 30.8 Å². The molecule has 0 N–H and O–H groups in total. The lowest BCUT2D eigenvalue weighted by Crippen LogP contribution is -2.36. The predicted octanol–water partition coefficient (Wildman–Crippen LogP) is 16.2. The third kappa shape index (κ3) is 26.0. The van der Waals surface area contributed by atoms with Gasteiger partial charge in [0.15, 0.2) is 0 Å². The van der Waals surface area contributed by atoms with E-state index in [2.05, 4.69) is 83.7 Å². The summed E-state index contributed by atoms with van der Waals surface area (Å²) in [5, 5.41) is 0. The van der Waals surface area contributed by atoms with E-state index in [-0.39, 0.29) is 7.53 Å². The first-order valence-corrected chi connectivity index (χ1v) is 28.3. The minimum atomic E-state index is 0. The Hall–Kier alpha value is -1.02. The van der Waals surface area contributed by atoms with Gasteiger partial charge in [-0.05, 0) is 144 Å². The summed E-state index contributed by atoms with van der Waals surface area (Å²) in [5.74, 6) is 4.44. The molecule has 0 aromatic rings. The number of allylic oxidation sites excluding steroid dienone is 5. The number of hydrogen-bond donors (Lipinski definition) is 0. The molecule has 2 unspecified atom stereocenters. The number of hydrogen-bond acceptors (Lipinski definition) is 6. The van der Waals surface area contributed by atoms with Crippen LogP contribution in [0.1, 0.15) is 223 Å². The van der Waals surface area contributed by atoms with Crippen molar-refractivity contribution in [1.29, 1.82) is 0 Å². The Balaban J connectivity index is 0.0000150. The summed E-state index contributed by atoms with van der Waals surface area (Å²) in [6, 6.07) is 0. The maximum Gasteiger partial charge on any atom is 0.0934 e. The van der Waals surface area contributed by atoms with Gasteiger partial charge in [0.2, 0.25) is 0 Å². The Kier molecular flexibility index (Phi) is 33.1. The van der Waals surface area contributed by atoms with Crippen molar-refractivity contribution in [3.8, 4) is 0 Å². The van der Waals surface area contributed by atoms with Gasteiger partial charge in [0.1, 0.15) is 0 Å². The Morgan fingerprint density at radius 2 is 1.45 bits per heavy atom. The molecule has 8 atom stereocenters. The van der Waals surface area contributed by atoms with Crippen molar-refractivity contribution in [3.63, 3.8) is 0 Å². The summed E-state index contributed by atoms with van der Waals surface area (Å²) in [7, 11) is 1.83. The highest BCUT2D eigenvalue weighted by molar-refractivity contribution is 5.18. The lowest BCUT2D eigenvalue weighted by molar-refractivity contribution is -0.0386. The van der Waals surface area contributed by atoms with Gasteiger partial charge in [0.05, 0.1) is 24.9 Å². The summed E-state index contributed by atoms with van der Waals surface area (Å²) >= 11 is 0. The van der Waals surface area contributed by atoms with Crippen molar-refractivity contribution < 1.29 is 25.1 Å². The zero-order valence-corrected chi connectivity index (χ0v) is 44.4. The second kappa shape index (κ2) is 36.9. The van der Waals surface area contributed by atoms with Crippen molar-refractivity contribution in [1.82, 2.24) is 4.90 Å². The van der Waals surface area contributed by atoms with Gasteiger partial charge in [-0.3, -0.25) is 4.90 Å². The van der Waals surface area contributed by atoms with Gasteiger partial charge in [-0.15, -0.1) is 0 Å². The van der Waals surface area contributed by atoms with E-state index in [1.165, 1.54) is 135 Å². The van der Waals surface area contributed by atoms with Gasteiger partial charge in [0, 0.05) is 61.2 Å². The molecule has 1 aliphatic heterocycles. The molecule has 0 amide bonds. The van der Waals surface area contributed by atoms with Crippen LogP contribution in [0.5, 0.6) is 0 Å². The summed E-state index contributed by atoms with van der Waals surface area (Å²) in [5.41, 5.74) is 2.04. The number of ether oxygens (including phenoxy) is 5. The monoisotopic (exact) mass is 914 g/mol. The first-order chi connectivity index (χ1) is 31.7. The van der Waals surface area contributed by atoms with Crippen LogP contribution in [0, 0.1) is 35.0 Å². The molecule has 6 heteroatoms. The van der Waals surface area contributed by atoms with Gasteiger partial charge in [-0.1, -0.05) is 149 Å². The first kappa shape index (κ1) is 58.3. The van der Waals surface area contributed by atoms with Crippen molar-refractivity contribution in [3.05, 3.63) is 36.0 Å². The van der Waals surface area contributed by atoms with Crippen LogP contribution in [0.3, 0.4) is 0 Å². The summed E-state index contributed by atoms with van der Waals surface area (Å²) in [4.78, 5) is 2.48. The van der Waals surface area contributed by atoms with Crippen LogP contribution in [0.4, 0.5) is 0 Å². The van der Waals surface area contributed by atoms with Crippen LogP contribution in [-0.4, -0.2) is 89.6 Å². The van der Waals surface area contributed by atoms with E-state index in [1.54, 1.807) is 5.57 Å². The molecule has 0 aromatic carbocycles. The van der Waals surface area contributed by atoms with Gasteiger partial charge in [0.25, 0.3) is 0 Å². The van der Waals surface area contributed by atoms with E-state index in [1.807, 2.05) is 7.11 Å². The lowest BCUT2D eigenvalue weighted by Gasteiger charge is -2.40. The van der Waals surface area contributed by atoms with Crippen LogP contribution < -0.4 is 0 Å². The zero-order chi connectivity index (χ0) is 46.8. The third-order valence-electron chi connectivity index (χ3n) is 15.8. The molecule has 382 valence electrons. The average Bonchev–Trinajstić information content (AvgIpc) is 3.91. The topological polar surface area (TPSA) is 49.4 Å². The Morgan fingerprint density at radius 1 is 0.723 bits per heavy atom. The molecular formula is C59H111NO5. The quantitative estimate of drug-likeness (QED) is 0.0451. The minimum absolute atomic E-state index is 0. The minimum Gasteiger partial charge on any atom is -0.381 e. The molecule has 0 radical (unpaired) electrons. The van der Waals surface area contributed by atoms with Crippen LogP contribution in [0.15, 0.2) is 36.0 Å². The molecular weight excluding hydrogens is 803 g/mol. The molecule has 3 rings (SSSR count). The van der Waals surface area contributed by atoms with E-state index >= 15 is 0 Å². The molecule has 3 fully saturated rings. The fourth-order valence-corrected chi connectivity index (χ4v) is 11.5. The molecule has 6 nitrogen and oxygen atoms in total. The summed E-state index contributed by atoms with van der Waals surface area (Å²) in [6.07, 6.45) is 46.9. The number of rotatable bonds is 40. The average molecular weight is 915 g/mol. The molecule has 2 aliphatic carbocycles. The van der Waals surface area contributed by atoms with Crippen LogP contribution >= 0.6 is 0 Å². The van der Waals surface area contributed by atoms with Crippen LogP contribution in [-0.2, 0) is 23.7 Å². The first-order valence-electron chi connectivity index (χ1n) is 28.3. The molecule has 1 heterocycles. The van der Waals surface area contributed by atoms with Crippen molar-refractivity contribution >= 4 is 0 Å². The van der Waals surface area contributed by atoms with E-state index in [4.69, 9.17) is 23.7 Å². The van der Waals surface area contributed by atoms with Crippen molar-refractivity contribution in [2.75, 3.05) is 66.4 Å².